The summed E-state index contributed by atoms with van der Waals surface area (Å²) in [4.78, 5) is 31.6. The summed E-state index contributed by atoms with van der Waals surface area (Å²) < 4.78 is 4.54. The van der Waals surface area contributed by atoms with Gasteiger partial charge in [-0.05, 0) is 6.92 Å². The summed E-state index contributed by atoms with van der Waals surface area (Å²) in [6.07, 6.45) is 0.262. The van der Waals surface area contributed by atoms with Crippen LogP contribution in [0.4, 0.5) is 5.69 Å². The van der Waals surface area contributed by atoms with Gasteiger partial charge in [-0.3, -0.25) is 14.9 Å². The molecule has 0 radical (unpaired) electrons. The van der Waals surface area contributed by atoms with Crippen molar-refractivity contribution in [3.63, 3.8) is 0 Å². The first kappa shape index (κ1) is 14.2. The molecule has 0 fully saturated rings. The summed E-state index contributed by atoms with van der Waals surface area (Å²) in [5.41, 5.74) is -0.875. The molecule has 1 aromatic carbocycles. The van der Waals surface area contributed by atoms with E-state index in [1.54, 1.807) is 6.92 Å². The molecule has 1 N–H and O–H groups in total. The fourth-order valence-electron chi connectivity index (χ4n) is 1.22. The Morgan fingerprint density at radius 2 is 2.26 bits per heavy atom. The smallest absolute Gasteiger partial charge is 0.384 e. The normalized spacial score (nSPS) is 9.11. The van der Waals surface area contributed by atoms with E-state index < -0.39 is 22.3 Å². The van der Waals surface area contributed by atoms with Crippen LogP contribution in [-0.4, -0.2) is 28.9 Å². The number of non-ortho nitro benzene ring substituents is 1. The van der Waals surface area contributed by atoms with Crippen LogP contribution in [0, 0.1) is 22.0 Å². The molecule has 0 bridgehead atoms. The second-order valence-electron chi connectivity index (χ2n) is 3.28. The van der Waals surface area contributed by atoms with Gasteiger partial charge in [0.1, 0.15) is 5.75 Å². The molecule has 0 aliphatic heterocycles. The average molecular weight is 263 g/mol. The van der Waals surface area contributed by atoms with Gasteiger partial charge < -0.3 is 9.84 Å². The molecule has 7 nitrogen and oxygen atoms in total. The maximum absolute atomic E-state index is 11.0. The second-order valence-corrected chi connectivity index (χ2v) is 3.28. The van der Waals surface area contributed by atoms with Gasteiger partial charge in [-0.1, -0.05) is 5.92 Å². The van der Waals surface area contributed by atoms with Crippen molar-refractivity contribution in [2.45, 2.75) is 6.92 Å². The third-order valence-corrected chi connectivity index (χ3v) is 2.04. The number of esters is 1. The summed E-state index contributed by atoms with van der Waals surface area (Å²) in [5.74, 6) is 2.93. The highest BCUT2D eigenvalue weighted by Gasteiger charge is 2.14. The summed E-state index contributed by atoms with van der Waals surface area (Å²) in [5, 5.41) is 20.3. The van der Waals surface area contributed by atoms with Crippen molar-refractivity contribution in [3.05, 3.63) is 33.4 Å². The van der Waals surface area contributed by atoms with E-state index in [0.29, 0.717) is 0 Å². The first-order chi connectivity index (χ1) is 8.99. The zero-order valence-corrected chi connectivity index (χ0v) is 9.87. The summed E-state index contributed by atoms with van der Waals surface area (Å²) in [7, 11) is 0. The number of carbonyl (C=O) groups excluding carboxylic acids is 2. The number of nitro benzene ring substituents is 1. The quantitative estimate of drug-likeness (QED) is 0.287. The number of phenolic OH excluding ortho intramolecular Hbond substituents is 1. The molecule has 0 unspecified atom stereocenters. The molecular formula is C12H9NO6. The van der Waals surface area contributed by atoms with Crippen molar-refractivity contribution in [1.82, 2.24) is 0 Å². The number of benzene rings is 1. The SMILES string of the molecule is CCOC(=O)C#Cc1cc([N+](=O)[O-])cc(C=O)c1O. The van der Waals surface area contributed by atoms with E-state index in [9.17, 15) is 24.8 Å². The standard InChI is InChI=1S/C12H9NO6/c1-2-19-11(15)4-3-8-5-10(13(17)18)6-9(7-14)12(8)16/h5-7,16H,2H2,1H3. The highest BCUT2D eigenvalue weighted by atomic mass is 16.6. The van der Waals surface area contributed by atoms with Crippen LogP contribution in [0.5, 0.6) is 5.75 Å². The van der Waals surface area contributed by atoms with E-state index in [1.807, 2.05) is 5.92 Å². The topological polar surface area (TPSA) is 107 Å². The average Bonchev–Trinajstić information content (AvgIpc) is 2.37. The van der Waals surface area contributed by atoms with Crippen LogP contribution in [0.2, 0.25) is 0 Å². The van der Waals surface area contributed by atoms with Gasteiger partial charge in [0.15, 0.2) is 6.29 Å². The Bertz CT molecular complexity index is 596. The Balaban J connectivity index is 3.26. The number of carbonyl (C=O) groups is 2. The molecule has 0 aromatic heterocycles. The first-order valence-corrected chi connectivity index (χ1v) is 5.15. The van der Waals surface area contributed by atoms with Gasteiger partial charge in [0.2, 0.25) is 0 Å². The Morgan fingerprint density at radius 3 is 2.79 bits per heavy atom. The third-order valence-electron chi connectivity index (χ3n) is 2.04. The molecular weight excluding hydrogens is 254 g/mol. The van der Waals surface area contributed by atoms with E-state index >= 15 is 0 Å². The minimum atomic E-state index is -0.832. The zero-order chi connectivity index (χ0) is 14.4. The van der Waals surface area contributed by atoms with Crippen LogP contribution in [0.15, 0.2) is 12.1 Å². The lowest BCUT2D eigenvalue weighted by Gasteiger charge is -2.00. The number of nitro groups is 1. The monoisotopic (exact) mass is 263 g/mol. The molecule has 7 heteroatoms. The minimum Gasteiger partial charge on any atom is -0.506 e. The van der Waals surface area contributed by atoms with Crippen LogP contribution < -0.4 is 0 Å². The maximum Gasteiger partial charge on any atom is 0.384 e. The lowest BCUT2D eigenvalue weighted by molar-refractivity contribution is -0.384. The van der Waals surface area contributed by atoms with Gasteiger partial charge in [0.25, 0.3) is 5.69 Å². The lowest BCUT2D eigenvalue weighted by Crippen LogP contribution is -2.00. The largest absolute Gasteiger partial charge is 0.506 e. The molecule has 0 aliphatic rings. The van der Waals surface area contributed by atoms with Crippen LogP contribution in [0.25, 0.3) is 0 Å². The van der Waals surface area contributed by atoms with E-state index in [1.165, 1.54) is 0 Å². The lowest BCUT2D eigenvalue weighted by atomic mass is 10.1. The van der Waals surface area contributed by atoms with Crippen molar-refractivity contribution < 1.29 is 24.4 Å². The van der Waals surface area contributed by atoms with E-state index in [4.69, 9.17) is 0 Å². The molecule has 0 spiro atoms. The first-order valence-electron chi connectivity index (χ1n) is 5.15. The number of aromatic hydroxyl groups is 1. The highest BCUT2D eigenvalue weighted by molar-refractivity contribution is 5.90. The molecule has 0 amide bonds. The van der Waals surface area contributed by atoms with Crippen LogP contribution in [0.1, 0.15) is 22.8 Å². The van der Waals surface area contributed by atoms with Gasteiger partial charge in [0.05, 0.1) is 22.7 Å². The predicted molar refractivity (Wildman–Crippen MR) is 63.7 cm³/mol. The van der Waals surface area contributed by atoms with Gasteiger partial charge >= 0.3 is 5.97 Å². The number of rotatable bonds is 3. The van der Waals surface area contributed by atoms with Gasteiger partial charge in [-0.15, -0.1) is 0 Å². The Hall–Kier alpha value is -2.88. The second kappa shape index (κ2) is 6.16. The van der Waals surface area contributed by atoms with Crippen molar-refractivity contribution in [1.29, 1.82) is 0 Å². The molecule has 1 aromatic rings. The van der Waals surface area contributed by atoms with Gasteiger partial charge in [0, 0.05) is 18.1 Å². The fraction of sp³-hybridized carbons (Fsp3) is 0.167. The van der Waals surface area contributed by atoms with E-state index in [0.717, 1.165) is 12.1 Å². The van der Waals surface area contributed by atoms with Crippen LogP contribution >= 0.6 is 0 Å². The summed E-state index contributed by atoms with van der Waals surface area (Å²) >= 11 is 0. The van der Waals surface area contributed by atoms with Gasteiger partial charge in [-0.2, -0.15) is 0 Å². The zero-order valence-electron chi connectivity index (χ0n) is 9.87. The predicted octanol–water partition coefficient (Wildman–Crippen LogP) is 1.03. The number of ether oxygens (including phenoxy) is 1. The highest BCUT2D eigenvalue weighted by Crippen LogP contribution is 2.26. The fourth-order valence-corrected chi connectivity index (χ4v) is 1.22. The Morgan fingerprint density at radius 1 is 1.58 bits per heavy atom. The summed E-state index contributed by atoms with van der Waals surface area (Å²) in [6.45, 7) is 1.73. The summed E-state index contributed by atoms with van der Waals surface area (Å²) in [6, 6.07) is 1.88. The van der Waals surface area contributed by atoms with E-state index in [2.05, 4.69) is 10.7 Å². The molecule has 0 saturated carbocycles. The number of nitrogens with zero attached hydrogens (tertiary/aromatic N) is 1. The number of phenols is 1. The minimum absolute atomic E-state index is 0.133. The van der Waals surface area contributed by atoms with Gasteiger partial charge in [-0.25, -0.2) is 4.79 Å². The molecule has 0 saturated heterocycles. The number of aldehydes is 1. The molecule has 1 rings (SSSR count). The van der Waals surface area contributed by atoms with Crippen molar-refractivity contribution in [2.75, 3.05) is 6.61 Å². The number of hydrogen-bond donors (Lipinski definition) is 1. The third kappa shape index (κ3) is 3.54. The Labute approximate surface area is 108 Å². The van der Waals surface area contributed by atoms with Crippen LogP contribution in [-0.2, 0) is 9.53 Å². The van der Waals surface area contributed by atoms with Crippen molar-refractivity contribution in [3.8, 4) is 17.6 Å². The molecule has 0 aliphatic carbocycles. The molecule has 98 valence electrons. The van der Waals surface area contributed by atoms with Crippen molar-refractivity contribution >= 4 is 17.9 Å². The van der Waals surface area contributed by atoms with Crippen LogP contribution in [0.3, 0.4) is 0 Å². The van der Waals surface area contributed by atoms with E-state index in [-0.39, 0.29) is 24.0 Å². The molecule has 0 atom stereocenters. The van der Waals surface area contributed by atoms with Crippen molar-refractivity contribution in [2.24, 2.45) is 0 Å². The maximum atomic E-state index is 11.0. The Kier molecular flexibility index (Phi) is 4.60. The molecule has 19 heavy (non-hydrogen) atoms. The molecule has 0 heterocycles. The number of hydrogen-bond acceptors (Lipinski definition) is 6.